The Morgan fingerprint density at radius 2 is 1.95 bits per heavy atom. The minimum absolute atomic E-state index is 0.386. The van der Waals surface area contributed by atoms with E-state index in [1.165, 1.54) is 5.56 Å². The maximum atomic E-state index is 4.54. The van der Waals surface area contributed by atoms with Gasteiger partial charge in [-0.1, -0.05) is 13.8 Å². The number of hydrogen-bond acceptors (Lipinski definition) is 3. The van der Waals surface area contributed by atoms with E-state index < -0.39 is 0 Å². The average molecular weight is 263 g/mol. The van der Waals surface area contributed by atoms with Crippen molar-refractivity contribution in [2.45, 2.75) is 59.5 Å². The standard InChI is InChI=1S/C16H29N3/c1-6-9-17-14(5)15-8-10-18-16(12-15)19(11-7-2)13(3)4/h8,10,12-14,17H,6-7,9,11H2,1-5H3. The van der Waals surface area contributed by atoms with E-state index in [2.05, 4.69) is 62.0 Å². The molecular formula is C16H29N3. The molecule has 0 saturated heterocycles. The summed E-state index contributed by atoms with van der Waals surface area (Å²) in [4.78, 5) is 6.91. The molecule has 1 heterocycles. The Morgan fingerprint density at radius 3 is 2.53 bits per heavy atom. The second-order valence-corrected chi connectivity index (χ2v) is 5.41. The summed E-state index contributed by atoms with van der Waals surface area (Å²) < 4.78 is 0. The summed E-state index contributed by atoms with van der Waals surface area (Å²) in [5, 5.41) is 3.53. The molecule has 0 aliphatic rings. The van der Waals surface area contributed by atoms with Gasteiger partial charge in [0.25, 0.3) is 0 Å². The number of hydrogen-bond donors (Lipinski definition) is 1. The minimum atomic E-state index is 0.386. The van der Waals surface area contributed by atoms with Crippen molar-refractivity contribution in [2.24, 2.45) is 0 Å². The topological polar surface area (TPSA) is 28.2 Å². The molecule has 0 aliphatic carbocycles. The van der Waals surface area contributed by atoms with Crippen LogP contribution in [-0.2, 0) is 0 Å². The third-order valence-electron chi connectivity index (χ3n) is 3.35. The van der Waals surface area contributed by atoms with Crippen molar-refractivity contribution in [3.05, 3.63) is 23.9 Å². The highest BCUT2D eigenvalue weighted by Gasteiger charge is 2.13. The van der Waals surface area contributed by atoms with Crippen molar-refractivity contribution >= 4 is 5.82 Å². The molecule has 1 aromatic rings. The van der Waals surface area contributed by atoms with E-state index in [1.54, 1.807) is 0 Å². The maximum absolute atomic E-state index is 4.54. The first kappa shape index (κ1) is 16.0. The van der Waals surface area contributed by atoms with Gasteiger partial charge in [-0.3, -0.25) is 0 Å². The average Bonchev–Trinajstić information content (AvgIpc) is 2.41. The molecule has 0 radical (unpaired) electrons. The van der Waals surface area contributed by atoms with E-state index in [0.29, 0.717) is 12.1 Å². The summed E-state index contributed by atoms with van der Waals surface area (Å²) in [6.07, 6.45) is 4.24. The van der Waals surface area contributed by atoms with Gasteiger partial charge >= 0.3 is 0 Å². The molecule has 1 N–H and O–H groups in total. The van der Waals surface area contributed by atoms with Crippen molar-refractivity contribution in [3.8, 4) is 0 Å². The lowest BCUT2D eigenvalue weighted by Gasteiger charge is -2.28. The lowest BCUT2D eigenvalue weighted by Crippen LogP contribution is -2.32. The Labute approximate surface area is 118 Å². The van der Waals surface area contributed by atoms with E-state index in [-0.39, 0.29) is 0 Å². The molecule has 1 rings (SSSR count). The number of nitrogens with one attached hydrogen (secondary N) is 1. The number of rotatable bonds is 8. The molecule has 0 amide bonds. The Hall–Kier alpha value is -1.09. The lowest BCUT2D eigenvalue weighted by molar-refractivity contribution is 0.569. The number of pyridine rings is 1. The Balaban J connectivity index is 2.85. The van der Waals surface area contributed by atoms with Crippen LogP contribution in [-0.4, -0.2) is 24.1 Å². The fourth-order valence-electron chi connectivity index (χ4n) is 2.22. The van der Waals surface area contributed by atoms with Gasteiger partial charge in [-0.25, -0.2) is 4.98 Å². The lowest BCUT2D eigenvalue weighted by atomic mass is 10.1. The van der Waals surface area contributed by atoms with Crippen LogP contribution in [0.25, 0.3) is 0 Å². The van der Waals surface area contributed by atoms with Gasteiger partial charge in [0.05, 0.1) is 0 Å². The molecule has 1 unspecified atom stereocenters. The van der Waals surface area contributed by atoms with Gasteiger partial charge in [0, 0.05) is 24.8 Å². The zero-order valence-corrected chi connectivity index (χ0v) is 13.1. The predicted octanol–water partition coefficient (Wildman–Crippen LogP) is 3.77. The molecule has 0 fully saturated rings. The van der Waals surface area contributed by atoms with Crippen molar-refractivity contribution in [1.82, 2.24) is 10.3 Å². The fraction of sp³-hybridized carbons (Fsp3) is 0.688. The van der Waals surface area contributed by atoms with Crippen molar-refractivity contribution in [2.75, 3.05) is 18.0 Å². The van der Waals surface area contributed by atoms with Gasteiger partial charge in [-0.2, -0.15) is 0 Å². The Bertz CT molecular complexity index is 363. The molecule has 1 aromatic heterocycles. The zero-order chi connectivity index (χ0) is 14.3. The zero-order valence-electron chi connectivity index (χ0n) is 13.1. The van der Waals surface area contributed by atoms with Crippen LogP contribution in [0.4, 0.5) is 5.82 Å². The first-order valence-electron chi connectivity index (χ1n) is 7.56. The highest BCUT2D eigenvalue weighted by atomic mass is 15.2. The normalized spacial score (nSPS) is 12.7. The van der Waals surface area contributed by atoms with Crippen LogP contribution in [0, 0.1) is 0 Å². The van der Waals surface area contributed by atoms with E-state index in [9.17, 15) is 0 Å². The van der Waals surface area contributed by atoms with Gasteiger partial charge in [0.15, 0.2) is 0 Å². The summed E-state index contributed by atoms with van der Waals surface area (Å²) in [6, 6.07) is 5.21. The smallest absolute Gasteiger partial charge is 0.129 e. The van der Waals surface area contributed by atoms with Gasteiger partial charge in [-0.15, -0.1) is 0 Å². The highest BCUT2D eigenvalue weighted by Crippen LogP contribution is 2.20. The van der Waals surface area contributed by atoms with Gasteiger partial charge in [0.1, 0.15) is 5.82 Å². The van der Waals surface area contributed by atoms with E-state index in [1.807, 2.05) is 6.20 Å². The largest absolute Gasteiger partial charge is 0.354 e. The highest BCUT2D eigenvalue weighted by molar-refractivity contribution is 5.42. The Morgan fingerprint density at radius 1 is 1.21 bits per heavy atom. The van der Waals surface area contributed by atoms with Crippen LogP contribution >= 0.6 is 0 Å². The van der Waals surface area contributed by atoms with E-state index in [4.69, 9.17) is 0 Å². The minimum Gasteiger partial charge on any atom is -0.354 e. The van der Waals surface area contributed by atoms with Gasteiger partial charge < -0.3 is 10.2 Å². The number of anilines is 1. The predicted molar refractivity (Wildman–Crippen MR) is 83.7 cm³/mol. The Kier molecular flexibility index (Phi) is 6.85. The summed E-state index contributed by atoms with van der Waals surface area (Å²) in [7, 11) is 0. The van der Waals surface area contributed by atoms with Crippen LogP contribution in [0.5, 0.6) is 0 Å². The molecule has 0 spiro atoms. The summed E-state index contributed by atoms with van der Waals surface area (Å²) in [5.41, 5.74) is 1.32. The third kappa shape index (κ3) is 4.83. The van der Waals surface area contributed by atoms with Gasteiger partial charge in [-0.05, 0) is 57.9 Å². The second kappa shape index (κ2) is 8.16. The monoisotopic (exact) mass is 263 g/mol. The first-order valence-corrected chi connectivity index (χ1v) is 7.56. The third-order valence-corrected chi connectivity index (χ3v) is 3.35. The fourth-order valence-corrected chi connectivity index (χ4v) is 2.22. The SMILES string of the molecule is CCCNC(C)c1ccnc(N(CCC)C(C)C)c1. The maximum Gasteiger partial charge on any atom is 0.129 e. The van der Waals surface area contributed by atoms with E-state index >= 15 is 0 Å². The van der Waals surface area contributed by atoms with Crippen molar-refractivity contribution in [3.63, 3.8) is 0 Å². The molecular weight excluding hydrogens is 234 g/mol. The van der Waals surface area contributed by atoms with Crippen LogP contribution in [0.3, 0.4) is 0 Å². The number of nitrogens with zero attached hydrogens (tertiary/aromatic N) is 2. The quantitative estimate of drug-likeness (QED) is 0.774. The second-order valence-electron chi connectivity index (χ2n) is 5.41. The molecule has 0 bridgehead atoms. The van der Waals surface area contributed by atoms with Crippen molar-refractivity contribution < 1.29 is 0 Å². The van der Waals surface area contributed by atoms with Gasteiger partial charge in [0.2, 0.25) is 0 Å². The molecule has 108 valence electrons. The van der Waals surface area contributed by atoms with Crippen LogP contribution in [0.2, 0.25) is 0 Å². The first-order chi connectivity index (χ1) is 9.10. The molecule has 3 nitrogen and oxygen atoms in total. The molecule has 0 aromatic carbocycles. The number of aromatic nitrogens is 1. The summed E-state index contributed by atoms with van der Waals surface area (Å²) in [5.74, 6) is 1.10. The van der Waals surface area contributed by atoms with Crippen LogP contribution in [0.1, 0.15) is 59.1 Å². The molecule has 3 heteroatoms. The van der Waals surface area contributed by atoms with Crippen molar-refractivity contribution in [1.29, 1.82) is 0 Å². The summed E-state index contributed by atoms with van der Waals surface area (Å²) in [6.45, 7) is 13.2. The van der Waals surface area contributed by atoms with E-state index in [0.717, 1.165) is 31.7 Å². The summed E-state index contributed by atoms with van der Waals surface area (Å²) >= 11 is 0. The van der Waals surface area contributed by atoms with Crippen LogP contribution in [0.15, 0.2) is 18.3 Å². The molecule has 0 saturated carbocycles. The molecule has 0 aliphatic heterocycles. The molecule has 19 heavy (non-hydrogen) atoms. The van der Waals surface area contributed by atoms with Crippen LogP contribution < -0.4 is 10.2 Å². The molecule has 1 atom stereocenters.